The summed E-state index contributed by atoms with van der Waals surface area (Å²) in [7, 11) is 3.35. The summed E-state index contributed by atoms with van der Waals surface area (Å²) in [6, 6.07) is 5.63. The van der Waals surface area contributed by atoms with Gasteiger partial charge in [-0.15, -0.1) is 0 Å². The Labute approximate surface area is 122 Å². The highest BCUT2D eigenvalue weighted by Gasteiger charge is 2.14. The maximum atomic E-state index is 5.56. The fourth-order valence-electron chi connectivity index (χ4n) is 2.09. The normalized spacial score (nSPS) is 12.7. The zero-order valence-electron chi connectivity index (χ0n) is 11.8. The van der Waals surface area contributed by atoms with Crippen molar-refractivity contribution in [3.63, 3.8) is 0 Å². The summed E-state index contributed by atoms with van der Waals surface area (Å²) in [6.07, 6.45) is 1.47. The van der Waals surface area contributed by atoms with E-state index in [1.807, 2.05) is 18.2 Å². The topological polar surface area (TPSA) is 77.5 Å². The molecule has 0 radical (unpaired) electrons. The predicted octanol–water partition coefficient (Wildman–Crippen LogP) is 2.04. The lowest BCUT2D eigenvalue weighted by atomic mass is 10.2. The molecular formula is C14H16N4O3. The molecule has 1 aliphatic heterocycles. The summed E-state index contributed by atoms with van der Waals surface area (Å²) >= 11 is 0. The third kappa shape index (κ3) is 2.62. The van der Waals surface area contributed by atoms with Gasteiger partial charge in [-0.3, -0.25) is 0 Å². The Morgan fingerprint density at radius 2 is 1.86 bits per heavy atom. The molecule has 0 atom stereocenters. The molecule has 2 aromatic rings. The summed E-state index contributed by atoms with van der Waals surface area (Å²) in [4.78, 5) is 8.31. The van der Waals surface area contributed by atoms with Gasteiger partial charge in [0, 0.05) is 18.8 Å². The van der Waals surface area contributed by atoms with Gasteiger partial charge in [0.15, 0.2) is 23.1 Å². The molecule has 7 nitrogen and oxygen atoms in total. The first-order chi connectivity index (χ1) is 10.3. The summed E-state index contributed by atoms with van der Waals surface area (Å²) in [6.45, 7) is 1.13. The van der Waals surface area contributed by atoms with Crippen LogP contribution in [0.15, 0.2) is 24.5 Å². The van der Waals surface area contributed by atoms with Crippen molar-refractivity contribution in [3.8, 4) is 17.2 Å². The molecule has 0 fully saturated rings. The lowest BCUT2D eigenvalue weighted by molar-refractivity contribution is 0.171. The van der Waals surface area contributed by atoms with Crippen LogP contribution >= 0.6 is 0 Å². The van der Waals surface area contributed by atoms with Gasteiger partial charge < -0.3 is 24.8 Å². The minimum Gasteiger partial charge on any atom is -0.490 e. The number of aromatic nitrogens is 2. The number of fused-ring (bicyclic) bond motifs is 1. The maximum absolute atomic E-state index is 5.56. The second-order valence-corrected chi connectivity index (χ2v) is 4.34. The summed E-state index contributed by atoms with van der Waals surface area (Å²) in [5, 5.41) is 6.16. The Morgan fingerprint density at radius 1 is 1.10 bits per heavy atom. The van der Waals surface area contributed by atoms with Crippen molar-refractivity contribution in [2.75, 3.05) is 38.0 Å². The molecule has 110 valence electrons. The van der Waals surface area contributed by atoms with E-state index in [0.29, 0.717) is 36.3 Å². The van der Waals surface area contributed by atoms with Crippen molar-refractivity contribution in [2.24, 2.45) is 0 Å². The second-order valence-electron chi connectivity index (χ2n) is 4.34. The Bertz CT molecular complexity index is 648. The predicted molar refractivity (Wildman–Crippen MR) is 78.8 cm³/mol. The molecule has 0 bridgehead atoms. The Kier molecular flexibility index (Phi) is 3.63. The number of hydrogen-bond donors (Lipinski definition) is 2. The van der Waals surface area contributed by atoms with Crippen molar-refractivity contribution in [1.29, 1.82) is 0 Å². The third-order valence-electron chi connectivity index (χ3n) is 3.05. The molecule has 0 amide bonds. The number of anilines is 3. The van der Waals surface area contributed by atoms with Crippen LogP contribution in [0.4, 0.5) is 17.3 Å². The lowest BCUT2D eigenvalue weighted by Crippen LogP contribution is -2.15. The van der Waals surface area contributed by atoms with Crippen LogP contribution in [0.5, 0.6) is 17.2 Å². The fourth-order valence-corrected chi connectivity index (χ4v) is 2.09. The van der Waals surface area contributed by atoms with E-state index < -0.39 is 0 Å². The van der Waals surface area contributed by atoms with Crippen molar-refractivity contribution >= 4 is 17.3 Å². The highest BCUT2D eigenvalue weighted by molar-refractivity contribution is 5.70. The van der Waals surface area contributed by atoms with E-state index in [1.54, 1.807) is 14.2 Å². The van der Waals surface area contributed by atoms with Crippen LogP contribution in [0, 0.1) is 0 Å². The Balaban J connectivity index is 1.90. The number of methoxy groups -OCH3 is 1. The Hall–Kier alpha value is -2.70. The lowest BCUT2D eigenvalue weighted by Gasteiger charge is -2.19. The van der Waals surface area contributed by atoms with Crippen LogP contribution in [-0.2, 0) is 0 Å². The number of rotatable bonds is 4. The van der Waals surface area contributed by atoms with Crippen LogP contribution in [0.25, 0.3) is 0 Å². The van der Waals surface area contributed by atoms with Gasteiger partial charge in [0.05, 0.1) is 7.11 Å². The SMILES string of the molecule is CNc1ncnc(Nc2ccc3c(c2)OCCO3)c1OC. The van der Waals surface area contributed by atoms with E-state index >= 15 is 0 Å². The van der Waals surface area contributed by atoms with Crippen LogP contribution in [0.1, 0.15) is 0 Å². The molecule has 21 heavy (non-hydrogen) atoms. The molecule has 2 heterocycles. The van der Waals surface area contributed by atoms with Gasteiger partial charge in [0.1, 0.15) is 19.5 Å². The first-order valence-electron chi connectivity index (χ1n) is 6.55. The average molecular weight is 288 g/mol. The molecule has 0 saturated heterocycles. The highest BCUT2D eigenvalue weighted by Crippen LogP contribution is 2.35. The fraction of sp³-hybridized carbons (Fsp3) is 0.286. The van der Waals surface area contributed by atoms with E-state index in [9.17, 15) is 0 Å². The van der Waals surface area contributed by atoms with Gasteiger partial charge >= 0.3 is 0 Å². The minimum atomic E-state index is 0.551. The van der Waals surface area contributed by atoms with Gasteiger partial charge in [-0.1, -0.05) is 0 Å². The number of nitrogens with zero attached hydrogens (tertiary/aromatic N) is 2. The van der Waals surface area contributed by atoms with Crippen LogP contribution < -0.4 is 24.8 Å². The van der Waals surface area contributed by atoms with E-state index in [1.165, 1.54) is 6.33 Å². The average Bonchev–Trinajstić information content (AvgIpc) is 2.54. The number of nitrogens with one attached hydrogen (secondary N) is 2. The quantitative estimate of drug-likeness (QED) is 0.891. The van der Waals surface area contributed by atoms with Gasteiger partial charge in [0.25, 0.3) is 0 Å². The van der Waals surface area contributed by atoms with Gasteiger partial charge in [0.2, 0.25) is 5.75 Å². The molecule has 1 aromatic carbocycles. The zero-order chi connectivity index (χ0) is 14.7. The molecule has 0 saturated carbocycles. The summed E-state index contributed by atoms with van der Waals surface area (Å²) < 4.78 is 16.4. The van der Waals surface area contributed by atoms with Crippen molar-refractivity contribution in [2.45, 2.75) is 0 Å². The summed E-state index contributed by atoms with van der Waals surface area (Å²) in [5.74, 6) is 3.21. The van der Waals surface area contributed by atoms with E-state index in [4.69, 9.17) is 14.2 Å². The first-order valence-corrected chi connectivity index (χ1v) is 6.55. The minimum absolute atomic E-state index is 0.551. The third-order valence-corrected chi connectivity index (χ3v) is 3.05. The largest absolute Gasteiger partial charge is 0.490 e. The molecule has 1 aliphatic rings. The maximum Gasteiger partial charge on any atom is 0.204 e. The number of hydrogen-bond acceptors (Lipinski definition) is 7. The number of benzene rings is 1. The van der Waals surface area contributed by atoms with Gasteiger partial charge in [-0.2, -0.15) is 0 Å². The molecular weight excluding hydrogens is 272 g/mol. The zero-order valence-corrected chi connectivity index (χ0v) is 11.8. The molecule has 0 spiro atoms. The van der Waals surface area contributed by atoms with Crippen LogP contribution in [0.2, 0.25) is 0 Å². The standard InChI is InChI=1S/C14H16N4O3/c1-15-13-12(19-2)14(17-8-16-13)18-9-3-4-10-11(7-9)21-6-5-20-10/h3-4,7-8H,5-6H2,1-2H3,(H2,15,16,17,18). The molecule has 1 aromatic heterocycles. The summed E-state index contributed by atoms with van der Waals surface area (Å²) in [5.41, 5.74) is 0.832. The monoisotopic (exact) mass is 288 g/mol. The van der Waals surface area contributed by atoms with Crippen LogP contribution in [0.3, 0.4) is 0 Å². The molecule has 2 N–H and O–H groups in total. The van der Waals surface area contributed by atoms with E-state index in [2.05, 4.69) is 20.6 Å². The smallest absolute Gasteiger partial charge is 0.204 e. The molecule has 0 unspecified atom stereocenters. The van der Waals surface area contributed by atoms with E-state index in [-0.39, 0.29) is 0 Å². The number of ether oxygens (including phenoxy) is 3. The van der Waals surface area contributed by atoms with Crippen molar-refractivity contribution in [1.82, 2.24) is 9.97 Å². The van der Waals surface area contributed by atoms with Crippen molar-refractivity contribution < 1.29 is 14.2 Å². The van der Waals surface area contributed by atoms with E-state index in [0.717, 1.165) is 11.4 Å². The first kappa shape index (κ1) is 13.3. The van der Waals surface area contributed by atoms with Crippen molar-refractivity contribution in [3.05, 3.63) is 24.5 Å². The molecule has 0 aliphatic carbocycles. The Morgan fingerprint density at radius 3 is 2.62 bits per heavy atom. The van der Waals surface area contributed by atoms with Gasteiger partial charge in [-0.25, -0.2) is 9.97 Å². The molecule has 3 rings (SSSR count). The second kappa shape index (κ2) is 5.74. The van der Waals surface area contributed by atoms with Crippen LogP contribution in [-0.4, -0.2) is 37.3 Å². The highest BCUT2D eigenvalue weighted by atomic mass is 16.6. The van der Waals surface area contributed by atoms with Gasteiger partial charge in [-0.05, 0) is 12.1 Å². The molecule has 7 heteroatoms.